The Hall–Kier alpha value is -0.0900. The molecule has 0 heterocycles. The molecule has 0 bridgehead atoms. The molecule has 0 saturated carbocycles. The third-order valence-corrected chi connectivity index (χ3v) is 3.99. The van der Waals surface area contributed by atoms with E-state index in [-0.39, 0.29) is 5.41 Å². The van der Waals surface area contributed by atoms with Crippen molar-refractivity contribution in [2.45, 2.75) is 39.4 Å². The van der Waals surface area contributed by atoms with Crippen molar-refractivity contribution >= 4 is 10.1 Å². The van der Waals surface area contributed by atoms with Gasteiger partial charge in [0.2, 0.25) is 0 Å². The molecule has 0 aliphatic carbocycles. The zero-order chi connectivity index (χ0) is 9.28. The first kappa shape index (κ1) is 10.9. The van der Waals surface area contributed by atoms with E-state index < -0.39 is 15.4 Å². The van der Waals surface area contributed by atoms with Gasteiger partial charge in [0, 0.05) is 0 Å². The fourth-order valence-electron chi connectivity index (χ4n) is 0.691. The molecule has 0 aromatic carbocycles. The van der Waals surface area contributed by atoms with Crippen molar-refractivity contribution in [1.29, 1.82) is 0 Å². The van der Waals surface area contributed by atoms with Gasteiger partial charge < -0.3 is 0 Å². The maximum Gasteiger partial charge on any atom is 0.268 e. The minimum Gasteiger partial charge on any atom is -0.285 e. The highest BCUT2D eigenvalue weighted by Gasteiger charge is 2.32. The van der Waals surface area contributed by atoms with E-state index in [2.05, 4.69) is 0 Å². The second kappa shape index (κ2) is 3.11. The molecular weight excluding hydrogens is 164 g/mol. The molecule has 0 aromatic rings. The van der Waals surface area contributed by atoms with E-state index in [1.165, 1.54) is 6.92 Å². The predicted molar refractivity (Wildman–Crippen MR) is 45.1 cm³/mol. The van der Waals surface area contributed by atoms with Crippen LogP contribution < -0.4 is 0 Å². The van der Waals surface area contributed by atoms with Crippen molar-refractivity contribution < 1.29 is 13.0 Å². The largest absolute Gasteiger partial charge is 0.285 e. The average Bonchev–Trinajstić information content (AvgIpc) is 1.84. The Morgan fingerprint density at radius 3 is 1.91 bits per heavy atom. The molecule has 0 amide bonds. The molecule has 1 unspecified atom stereocenters. The lowest BCUT2D eigenvalue weighted by molar-refractivity contribution is 0.320. The molecule has 0 rings (SSSR count). The third kappa shape index (κ3) is 2.79. The quantitative estimate of drug-likeness (QED) is 0.672. The van der Waals surface area contributed by atoms with Crippen molar-refractivity contribution in [3.63, 3.8) is 0 Å². The Labute approximate surface area is 68.6 Å². The summed E-state index contributed by atoms with van der Waals surface area (Å²) in [7, 11) is -3.87. The summed E-state index contributed by atoms with van der Waals surface area (Å²) in [4.78, 5) is 0. The van der Waals surface area contributed by atoms with Crippen LogP contribution in [0.1, 0.15) is 34.1 Å². The molecule has 0 radical (unpaired) electrons. The Morgan fingerprint density at radius 2 is 1.82 bits per heavy atom. The highest BCUT2D eigenvalue weighted by atomic mass is 32.2. The molecule has 1 N–H and O–H groups in total. The maximum absolute atomic E-state index is 10.7. The Bertz CT molecular complexity index is 216. The first-order valence-corrected chi connectivity index (χ1v) is 5.18. The SMILES string of the molecule is CCC(C)(C)C(C)S(=O)(=O)O. The monoisotopic (exact) mass is 180 g/mol. The second-order valence-corrected chi connectivity index (χ2v) is 5.24. The van der Waals surface area contributed by atoms with Gasteiger partial charge in [-0.1, -0.05) is 20.8 Å². The molecule has 0 aromatic heterocycles. The summed E-state index contributed by atoms with van der Waals surface area (Å²) >= 11 is 0. The molecule has 0 fully saturated rings. The summed E-state index contributed by atoms with van der Waals surface area (Å²) in [6.45, 7) is 7.08. The molecule has 0 aliphatic heterocycles. The molecular formula is C7H16O3S. The van der Waals surface area contributed by atoms with Gasteiger partial charge in [-0.05, 0) is 18.8 Å². The van der Waals surface area contributed by atoms with E-state index in [1.807, 2.05) is 20.8 Å². The van der Waals surface area contributed by atoms with Crippen molar-refractivity contribution in [3.8, 4) is 0 Å². The lowest BCUT2D eigenvalue weighted by Gasteiger charge is -2.27. The summed E-state index contributed by atoms with van der Waals surface area (Å²) in [5.41, 5.74) is -0.354. The van der Waals surface area contributed by atoms with Gasteiger partial charge in [-0.25, -0.2) is 0 Å². The van der Waals surface area contributed by atoms with Crippen LogP contribution in [0.25, 0.3) is 0 Å². The molecule has 0 aliphatic rings. The van der Waals surface area contributed by atoms with Crippen molar-refractivity contribution in [1.82, 2.24) is 0 Å². The summed E-state index contributed by atoms with van der Waals surface area (Å²) in [5, 5.41) is -0.694. The van der Waals surface area contributed by atoms with E-state index in [4.69, 9.17) is 4.55 Å². The van der Waals surface area contributed by atoms with Crippen LogP contribution in [0, 0.1) is 5.41 Å². The maximum atomic E-state index is 10.7. The highest BCUT2D eigenvalue weighted by Crippen LogP contribution is 2.28. The first-order chi connectivity index (χ1) is 4.72. The van der Waals surface area contributed by atoms with Gasteiger partial charge in [-0.15, -0.1) is 0 Å². The summed E-state index contributed by atoms with van der Waals surface area (Å²) in [6, 6.07) is 0. The number of hydrogen-bond acceptors (Lipinski definition) is 2. The van der Waals surface area contributed by atoms with E-state index in [0.29, 0.717) is 0 Å². The topological polar surface area (TPSA) is 54.4 Å². The fourth-order valence-corrected chi connectivity index (χ4v) is 1.66. The minimum atomic E-state index is -3.87. The molecule has 1 atom stereocenters. The molecule has 0 saturated heterocycles. The van der Waals surface area contributed by atoms with Crippen molar-refractivity contribution in [3.05, 3.63) is 0 Å². The van der Waals surface area contributed by atoms with Crippen LogP contribution in [0.4, 0.5) is 0 Å². The lowest BCUT2D eigenvalue weighted by atomic mass is 9.87. The van der Waals surface area contributed by atoms with Gasteiger partial charge in [0.15, 0.2) is 0 Å². The summed E-state index contributed by atoms with van der Waals surface area (Å²) in [6.07, 6.45) is 0.730. The standard InChI is InChI=1S/C7H16O3S/c1-5-7(3,4)6(2)11(8,9)10/h6H,5H2,1-4H3,(H,8,9,10). The summed E-state index contributed by atoms with van der Waals surface area (Å²) in [5.74, 6) is 0. The molecule has 3 nitrogen and oxygen atoms in total. The van der Waals surface area contributed by atoms with E-state index in [1.54, 1.807) is 0 Å². The van der Waals surface area contributed by atoms with Gasteiger partial charge in [-0.3, -0.25) is 4.55 Å². The Morgan fingerprint density at radius 1 is 1.45 bits per heavy atom. The smallest absolute Gasteiger partial charge is 0.268 e. The van der Waals surface area contributed by atoms with Gasteiger partial charge in [-0.2, -0.15) is 8.42 Å². The van der Waals surface area contributed by atoms with Crippen LogP contribution in [-0.2, 0) is 10.1 Å². The van der Waals surface area contributed by atoms with Crippen molar-refractivity contribution in [2.24, 2.45) is 5.41 Å². The second-order valence-electron chi connectivity index (χ2n) is 3.50. The van der Waals surface area contributed by atoms with E-state index >= 15 is 0 Å². The van der Waals surface area contributed by atoms with E-state index in [9.17, 15) is 8.42 Å². The summed E-state index contributed by atoms with van der Waals surface area (Å²) < 4.78 is 30.1. The molecule has 4 heteroatoms. The molecule has 68 valence electrons. The van der Waals surface area contributed by atoms with Crippen LogP contribution in [0.3, 0.4) is 0 Å². The third-order valence-electron chi connectivity index (χ3n) is 2.46. The van der Waals surface area contributed by atoms with Crippen LogP contribution in [0.2, 0.25) is 0 Å². The normalized spacial score (nSPS) is 16.5. The predicted octanol–water partition coefficient (Wildman–Crippen LogP) is 1.70. The van der Waals surface area contributed by atoms with Gasteiger partial charge in [0.25, 0.3) is 10.1 Å². The van der Waals surface area contributed by atoms with Crippen molar-refractivity contribution in [2.75, 3.05) is 0 Å². The zero-order valence-electron chi connectivity index (χ0n) is 7.46. The highest BCUT2D eigenvalue weighted by molar-refractivity contribution is 7.86. The Balaban J connectivity index is 4.63. The zero-order valence-corrected chi connectivity index (χ0v) is 8.27. The minimum absolute atomic E-state index is 0.354. The fraction of sp³-hybridized carbons (Fsp3) is 1.00. The van der Waals surface area contributed by atoms with E-state index in [0.717, 1.165) is 6.42 Å². The Kier molecular flexibility index (Phi) is 3.08. The van der Waals surface area contributed by atoms with Gasteiger partial charge >= 0.3 is 0 Å². The van der Waals surface area contributed by atoms with Crippen LogP contribution in [0.15, 0.2) is 0 Å². The van der Waals surface area contributed by atoms with Crippen LogP contribution in [-0.4, -0.2) is 18.2 Å². The lowest BCUT2D eigenvalue weighted by Crippen LogP contribution is -2.33. The van der Waals surface area contributed by atoms with Gasteiger partial charge in [0.1, 0.15) is 0 Å². The number of hydrogen-bond donors (Lipinski definition) is 1. The van der Waals surface area contributed by atoms with Gasteiger partial charge in [0.05, 0.1) is 5.25 Å². The first-order valence-electron chi connectivity index (χ1n) is 3.68. The van der Waals surface area contributed by atoms with Crippen LogP contribution in [0.5, 0.6) is 0 Å². The number of rotatable bonds is 3. The molecule has 0 spiro atoms. The average molecular weight is 180 g/mol. The van der Waals surface area contributed by atoms with Crippen LogP contribution >= 0.6 is 0 Å². The molecule has 11 heavy (non-hydrogen) atoms.